The highest BCUT2D eigenvalue weighted by molar-refractivity contribution is 7.12. The fourth-order valence-corrected chi connectivity index (χ4v) is 3.83. The number of aliphatic hydroxyl groups is 1. The molecule has 18 heavy (non-hydrogen) atoms. The fourth-order valence-electron chi connectivity index (χ4n) is 2.59. The molecule has 2 aromatic heterocycles. The lowest BCUT2D eigenvalue weighted by Crippen LogP contribution is -1.98. The first kappa shape index (κ1) is 12.0. The maximum Gasteiger partial charge on any atom is 0.0935 e. The molecule has 0 amide bonds. The Bertz CT molecular complexity index is 475. The summed E-state index contributed by atoms with van der Waals surface area (Å²) in [6.45, 7) is 0. The van der Waals surface area contributed by atoms with Crippen LogP contribution in [0.2, 0.25) is 0 Å². The Labute approximate surface area is 111 Å². The number of hydrogen-bond acceptors (Lipinski definition) is 3. The van der Waals surface area contributed by atoms with Crippen LogP contribution in [0.1, 0.15) is 46.2 Å². The Morgan fingerprint density at radius 1 is 1.28 bits per heavy atom. The Balaban J connectivity index is 1.76. The van der Waals surface area contributed by atoms with Crippen molar-refractivity contribution in [2.45, 2.75) is 44.6 Å². The second-order valence-electron chi connectivity index (χ2n) is 5.01. The molecule has 3 heteroatoms. The molecule has 0 saturated heterocycles. The van der Waals surface area contributed by atoms with Gasteiger partial charge >= 0.3 is 0 Å². The lowest BCUT2D eigenvalue weighted by molar-refractivity contribution is 0.182. The van der Waals surface area contributed by atoms with Gasteiger partial charge in [0.2, 0.25) is 0 Å². The second kappa shape index (κ2) is 5.29. The van der Waals surface area contributed by atoms with E-state index in [2.05, 4.69) is 6.07 Å². The first-order chi connectivity index (χ1) is 8.83. The van der Waals surface area contributed by atoms with Crippen molar-refractivity contribution in [3.8, 4) is 0 Å². The number of aliphatic hydroxyl groups excluding tert-OH is 1. The summed E-state index contributed by atoms with van der Waals surface area (Å²) in [5.41, 5.74) is 2.53. The van der Waals surface area contributed by atoms with Gasteiger partial charge in [0.15, 0.2) is 0 Å². The molecule has 1 aliphatic rings. The number of furan rings is 1. The summed E-state index contributed by atoms with van der Waals surface area (Å²) in [4.78, 5) is 2.61. The van der Waals surface area contributed by atoms with E-state index in [1.165, 1.54) is 42.5 Å². The highest BCUT2D eigenvalue weighted by atomic mass is 32.1. The molecule has 0 aromatic carbocycles. The molecule has 0 saturated carbocycles. The maximum absolute atomic E-state index is 10.3. The third kappa shape index (κ3) is 2.52. The van der Waals surface area contributed by atoms with Gasteiger partial charge < -0.3 is 9.52 Å². The largest absolute Gasteiger partial charge is 0.472 e. The molecule has 2 nitrogen and oxygen atoms in total. The zero-order valence-electron chi connectivity index (χ0n) is 10.4. The maximum atomic E-state index is 10.3. The normalized spacial score (nSPS) is 17.2. The van der Waals surface area contributed by atoms with E-state index in [1.807, 2.05) is 6.07 Å². The summed E-state index contributed by atoms with van der Waals surface area (Å²) in [6.07, 6.45) is 9.94. The van der Waals surface area contributed by atoms with Crippen molar-refractivity contribution in [2.24, 2.45) is 0 Å². The molecular formula is C15H18O2S. The van der Waals surface area contributed by atoms with Crippen molar-refractivity contribution in [3.05, 3.63) is 45.5 Å². The molecule has 0 radical (unpaired) electrons. The Morgan fingerprint density at radius 3 is 3.00 bits per heavy atom. The van der Waals surface area contributed by atoms with Gasteiger partial charge in [0.05, 0.1) is 18.6 Å². The molecular weight excluding hydrogens is 244 g/mol. The first-order valence-corrected chi connectivity index (χ1v) is 7.45. The third-order valence-electron chi connectivity index (χ3n) is 3.60. The summed E-state index contributed by atoms with van der Waals surface area (Å²) in [6, 6.07) is 4.14. The van der Waals surface area contributed by atoms with Crippen LogP contribution in [0.5, 0.6) is 0 Å². The van der Waals surface area contributed by atoms with E-state index in [4.69, 9.17) is 4.42 Å². The summed E-state index contributed by atoms with van der Waals surface area (Å²) < 4.78 is 5.04. The van der Waals surface area contributed by atoms with E-state index in [9.17, 15) is 5.11 Å². The molecule has 0 bridgehead atoms. The quantitative estimate of drug-likeness (QED) is 0.851. The van der Waals surface area contributed by atoms with E-state index < -0.39 is 0 Å². The second-order valence-corrected chi connectivity index (χ2v) is 6.18. The molecule has 0 aliphatic heterocycles. The van der Waals surface area contributed by atoms with Crippen LogP contribution in [-0.4, -0.2) is 5.11 Å². The van der Waals surface area contributed by atoms with Gasteiger partial charge in [-0.1, -0.05) is 6.42 Å². The average molecular weight is 262 g/mol. The standard InChI is InChI=1S/C15H18O2S/c16-13(8-11-6-7-17-10-11)15-9-12-4-2-1-3-5-14(12)18-15/h6-7,9-10,13,16H,1-5,8H2. The van der Waals surface area contributed by atoms with Gasteiger partial charge in [-0.2, -0.15) is 0 Å². The van der Waals surface area contributed by atoms with E-state index >= 15 is 0 Å². The average Bonchev–Trinajstić information content (AvgIpc) is 2.95. The van der Waals surface area contributed by atoms with Gasteiger partial charge in [0.1, 0.15) is 0 Å². The lowest BCUT2D eigenvalue weighted by Gasteiger charge is -2.06. The summed E-state index contributed by atoms with van der Waals surface area (Å²) in [5.74, 6) is 0. The summed E-state index contributed by atoms with van der Waals surface area (Å²) >= 11 is 1.80. The van der Waals surface area contributed by atoms with Gasteiger partial charge in [-0.3, -0.25) is 0 Å². The first-order valence-electron chi connectivity index (χ1n) is 6.63. The smallest absolute Gasteiger partial charge is 0.0935 e. The van der Waals surface area contributed by atoms with E-state index in [1.54, 1.807) is 23.9 Å². The van der Waals surface area contributed by atoms with Gasteiger partial charge in [0, 0.05) is 16.2 Å². The van der Waals surface area contributed by atoms with Gasteiger partial charge in [0.25, 0.3) is 0 Å². The highest BCUT2D eigenvalue weighted by Crippen LogP contribution is 2.33. The topological polar surface area (TPSA) is 33.4 Å². The minimum atomic E-state index is -0.389. The van der Waals surface area contributed by atoms with Crippen molar-refractivity contribution < 1.29 is 9.52 Å². The Morgan fingerprint density at radius 2 is 2.17 bits per heavy atom. The monoisotopic (exact) mass is 262 g/mol. The van der Waals surface area contributed by atoms with Crippen molar-refractivity contribution in [3.63, 3.8) is 0 Å². The van der Waals surface area contributed by atoms with Crippen LogP contribution in [0.4, 0.5) is 0 Å². The number of hydrogen-bond donors (Lipinski definition) is 1. The van der Waals surface area contributed by atoms with E-state index in [0.717, 1.165) is 10.4 Å². The molecule has 1 aliphatic carbocycles. The molecule has 1 unspecified atom stereocenters. The molecule has 96 valence electrons. The van der Waals surface area contributed by atoms with Crippen molar-refractivity contribution >= 4 is 11.3 Å². The lowest BCUT2D eigenvalue weighted by atomic mass is 10.1. The predicted octanol–water partition coefficient (Wildman–Crippen LogP) is 3.89. The van der Waals surface area contributed by atoms with Crippen LogP contribution in [-0.2, 0) is 19.3 Å². The van der Waals surface area contributed by atoms with Gasteiger partial charge in [-0.25, -0.2) is 0 Å². The van der Waals surface area contributed by atoms with Crippen molar-refractivity contribution in [2.75, 3.05) is 0 Å². The predicted molar refractivity (Wildman–Crippen MR) is 72.9 cm³/mol. The molecule has 1 atom stereocenters. The molecule has 2 heterocycles. The SMILES string of the molecule is OC(Cc1ccoc1)c1cc2c(s1)CCCCC2. The number of fused-ring (bicyclic) bond motifs is 1. The zero-order chi connectivity index (χ0) is 12.4. The molecule has 3 rings (SSSR count). The molecule has 0 fully saturated rings. The third-order valence-corrected chi connectivity index (χ3v) is 4.94. The van der Waals surface area contributed by atoms with Crippen molar-refractivity contribution in [1.29, 1.82) is 0 Å². The fraction of sp³-hybridized carbons (Fsp3) is 0.467. The van der Waals surface area contributed by atoms with Crippen LogP contribution in [0.3, 0.4) is 0 Å². The molecule has 2 aromatic rings. The van der Waals surface area contributed by atoms with Crippen LogP contribution in [0.25, 0.3) is 0 Å². The van der Waals surface area contributed by atoms with Crippen LogP contribution in [0.15, 0.2) is 29.1 Å². The number of aryl methyl sites for hydroxylation is 2. The summed E-state index contributed by atoms with van der Waals surface area (Å²) in [7, 11) is 0. The Hall–Kier alpha value is -1.06. The Kier molecular flexibility index (Phi) is 3.52. The van der Waals surface area contributed by atoms with Crippen LogP contribution < -0.4 is 0 Å². The zero-order valence-corrected chi connectivity index (χ0v) is 11.2. The number of thiophene rings is 1. The summed E-state index contributed by atoms with van der Waals surface area (Å²) in [5, 5.41) is 10.3. The van der Waals surface area contributed by atoms with Crippen LogP contribution >= 0.6 is 11.3 Å². The molecule has 1 N–H and O–H groups in total. The van der Waals surface area contributed by atoms with Gasteiger partial charge in [-0.15, -0.1) is 11.3 Å². The number of rotatable bonds is 3. The van der Waals surface area contributed by atoms with E-state index in [0.29, 0.717) is 6.42 Å². The highest BCUT2D eigenvalue weighted by Gasteiger charge is 2.17. The van der Waals surface area contributed by atoms with Crippen LogP contribution in [0, 0.1) is 0 Å². The molecule has 0 spiro atoms. The minimum absolute atomic E-state index is 0.389. The van der Waals surface area contributed by atoms with E-state index in [-0.39, 0.29) is 6.10 Å². The van der Waals surface area contributed by atoms with Gasteiger partial charge in [-0.05, 0) is 48.9 Å². The minimum Gasteiger partial charge on any atom is -0.472 e. The van der Waals surface area contributed by atoms with Crippen molar-refractivity contribution in [1.82, 2.24) is 0 Å².